The second-order valence-electron chi connectivity index (χ2n) is 4.73. The molecule has 1 aliphatic carbocycles. The molecule has 1 fully saturated rings. The largest absolute Gasteiger partial charge is 0.483 e. The number of nitro groups is 1. The molecule has 1 aliphatic rings. The highest BCUT2D eigenvalue weighted by molar-refractivity contribution is 5.46. The molecule has 5 nitrogen and oxygen atoms in total. The minimum absolute atomic E-state index is 0.0175. The van der Waals surface area contributed by atoms with E-state index in [-0.39, 0.29) is 17.5 Å². The number of hydrogen-bond acceptors (Lipinski definition) is 4. The highest BCUT2D eigenvalue weighted by Gasteiger charge is 2.32. The molecule has 6 heteroatoms. The predicted molar refractivity (Wildman–Crippen MR) is 68.8 cm³/mol. The van der Waals surface area contributed by atoms with Gasteiger partial charge in [-0.25, -0.2) is 4.39 Å². The lowest BCUT2D eigenvalue weighted by Crippen LogP contribution is -2.47. The van der Waals surface area contributed by atoms with Crippen molar-refractivity contribution in [3.63, 3.8) is 0 Å². The fraction of sp³-hybridized carbons (Fsp3) is 0.538. The molecule has 19 heavy (non-hydrogen) atoms. The number of nitrogens with one attached hydrogen (secondary N) is 1. The van der Waals surface area contributed by atoms with Gasteiger partial charge in [-0.15, -0.1) is 0 Å². The number of benzene rings is 1. The maximum absolute atomic E-state index is 13.1. The number of hydrogen-bond donors (Lipinski definition) is 1. The predicted octanol–water partition coefficient (Wildman–Crippen LogP) is 2.64. The van der Waals surface area contributed by atoms with E-state index < -0.39 is 10.7 Å². The van der Waals surface area contributed by atoms with E-state index in [1.807, 2.05) is 0 Å². The van der Waals surface area contributed by atoms with Crippen LogP contribution in [-0.4, -0.2) is 23.6 Å². The van der Waals surface area contributed by atoms with Crippen LogP contribution in [0.15, 0.2) is 18.2 Å². The van der Waals surface area contributed by atoms with Crippen molar-refractivity contribution in [2.45, 2.75) is 38.3 Å². The summed E-state index contributed by atoms with van der Waals surface area (Å²) in [6, 6.07) is 3.68. The molecule has 0 heterocycles. The van der Waals surface area contributed by atoms with E-state index in [1.165, 1.54) is 0 Å². The molecule has 0 bridgehead atoms. The summed E-state index contributed by atoms with van der Waals surface area (Å²) in [4.78, 5) is 10.3. The lowest BCUT2D eigenvalue weighted by molar-refractivity contribution is -0.386. The minimum atomic E-state index is -0.555. The zero-order chi connectivity index (χ0) is 13.8. The van der Waals surface area contributed by atoms with Crippen molar-refractivity contribution < 1.29 is 14.1 Å². The third-order valence-electron chi connectivity index (χ3n) is 3.19. The summed E-state index contributed by atoms with van der Waals surface area (Å²) >= 11 is 0. The van der Waals surface area contributed by atoms with E-state index in [2.05, 4.69) is 12.2 Å². The maximum atomic E-state index is 13.1. The number of nitrogens with zero attached hydrogens (tertiary/aromatic N) is 1. The fourth-order valence-corrected chi connectivity index (χ4v) is 2.09. The monoisotopic (exact) mass is 268 g/mol. The Morgan fingerprint density at radius 2 is 2.26 bits per heavy atom. The molecular formula is C13H17FN2O3. The van der Waals surface area contributed by atoms with Gasteiger partial charge in [0.15, 0.2) is 5.75 Å². The molecule has 0 atom stereocenters. The Morgan fingerprint density at radius 1 is 1.53 bits per heavy atom. The molecule has 1 aromatic carbocycles. The first kappa shape index (κ1) is 13.7. The molecule has 1 aromatic rings. The Balaban J connectivity index is 1.93. The van der Waals surface area contributed by atoms with Gasteiger partial charge in [0.05, 0.1) is 4.92 Å². The van der Waals surface area contributed by atoms with Crippen molar-refractivity contribution in [3.05, 3.63) is 34.1 Å². The first-order chi connectivity index (χ1) is 9.10. The molecule has 0 radical (unpaired) electrons. The Hall–Kier alpha value is -1.69. The van der Waals surface area contributed by atoms with Gasteiger partial charge in [-0.1, -0.05) is 6.92 Å². The van der Waals surface area contributed by atoms with E-state index in [4.69, 9.17) is 4.74 Å². The highest BCUT2D eigenvalue weighted by Crippen LogP contribution is 2.32. The van der Waals surface area contributed by atoms with Crippen molar-refractivity contribution in [2.75, 3.05) is 6.54 Å². The summed E-state index contributed by atoms with van der Waals surface area (Å²) in [5, 5.41) is 14.2. The van der Waals surface area contributed by atoms with Gasteiger partial charge in [-0.3, -0.25) is 10.1 Å². The van der Waals surface area contributed by atoms with Crippen LogP contribution in [-0.2, 0) is 0 Å². The molecule has 0 aliphatic heterocycles. The second kappa shape index (κ2) is 5.97. The maximum Gasteiger partial charge on any atom is 0.311 e. The van der Waals surface area contributed by atoms with Crippen LogP contribution in [0.3, 0.4) is 0 Å². The second-order valence-corrected chi connectivity index (χ2v) is 4.73. The summed E-state index contributed by atoms with van der Waals surface area (Å²) in [7, 11) is 0. The summed E-state index contributed by atoms with van der Waals surface area (Å²) in [6.07, 6.45) is 2.59. The normalized spacial score (nSPS) is 21.8. The van der Waals surface area contributed by atoms with Gasteiger partial charge in [0.2, 0.25) is 0 Å². The molecule has 0 saturated heterocycles. The molecule has 1 saturated carbocycles. The number of rotatable bonds is 6. The Labute approximate surface area is 110 Å². The first-order valence-corrected chi connectivity index (χ1v) is 6.44. The number of nitro benzene ring substituents is 1. The van der Waals surface area contributed by atoms with Crippen LogP contribution in [0.1, 0.15) is 26.2 Å². The van der Waals surface area contributed by atoms with Crippen LogP contribution >= 0.6 is 0 Å². The Kier molecular flexibility index (Phi) is 4.31. The smallest absolute Gasteiger partial charge is 0.311 e. The van der Waals surface area contributed by atoms with Gasteiger partial charge in [0.25, 0.3) is 0 Å². The standard InChI is InChI=1S/C13H17FN2O3/c1-2-5-15-10-7-11(8-10)19-13-6-9(14)3-4-12(13)16(17)18/h3-4,6,10-11,15H,2,5,7-8H2,1H3. The SMILES string of the molecule is CCCNC1CC(Oc2cc(F)ccc2[N+](=O)[O-])C1. The third-order valence-corrected chi connectivity index (χ3v) is 3.19. The average molecular weight is 268 g/mol. The number of halogens is 1. The van der Waals surface area contributed by atoms with Crippen molar-refractivity contribution in [1.29, 1.82) is 0 Å². The van der Waals surface area contributed by atoms with Crippen LogP contribution in [0.2, 0.25) is 0 Å². The zero-order valence-electron chi connectivity index (χ0n) is 10.8. The Bertz CT molecular complexity index is 461. The van der Waals surface area contributed by atoms with Gasteiger partial charge < -0.3 is 10.1 Å². The summed E-state index contributed by atoms with van der Waals surface area (Å²) < 4.78 is 18.6. The molecule has 2 rings (SSSR count). The van der Waals surface area contributed by atoms with E-state index >= 15 is 0 Å². The quantitative estimate of drug-likeness (QED) is 0.636. The Morgan fingerprint density at radius 3 is 2.89 bits per heavy atom. The lowest BCUT2D eigenvalue weighted by atomic mass is 9.89. The first-order valence-electron chi connectivity index (χ1n) is 6.44. The average Bonchev–Trinajstić information content (AvgIpc) is 2.31. The molecule has 0 aromatic heterocycles. The molecular weight excluding hydrogens is 251 g/mol. The van der Waals surface area contributed by atoms with Gasteiger partial charge in [-0.05, 0) is 31.9 Å². The van der Waals surface area contributed by atoms with Gasteiger partial charge in [0.1, 0.15) is 11.9 Å². The van der Waals surface area contributed by atoms with Gasteiger partial charge in [-0.2, -0.15) is 0 Å². The third kappa shape index (κ3) is 3.41. The minimum Gasteiger partial charge on any atom is -0.483 e. The topological polar surface area (TPSA) is 64.4 Å². The molecule has 104 valence electrons. The zero-order valence-corrected chi connectivity index (χ0v) is 10.8. The van der Waals surface area contributed by atoms with E-state index in [0.717, 1.165) is 44.0 Å². The van der Waals surface area contributed by atoms with Crippen molar-refractivity contribution >= 4 is 5.69 Å². The van der Waals surface area contributed by atoms with Crippen LogP contribution in [0, 0.1) is 15.9 Å². The summed E-state index contributed by atoms with van der Waals surface area (Å²) in [5.41, 5.74) is -0.189. The van der Waals surface area contributed by atoms with E-state index in [0.29, 0.717) is 6.04 Å². The van der Waals surface area contributed by atoms with Gasteiger partial charge in [0, 0.05) is 18.2 Å². The molecule has 0 spiro atoms. The van der Waals surface area contributed by atoms with Crippen molar-refractivity contribution in [1.82, 2.24) is 5.32 Å². The van der Waals surface area contributed by atoms with Crippen molar-refractivity contribution in [2.24, 2.45) is 0 Å². The summed E-state index contributed by atoms with van der Waals surface area (Å²) in [6.45, 7) is 3.05. The van der Waals surface area contributed by atoms with E-state index in [9.17, 15) is 14.5 Å². The van der Waals surface area contributed by atoms with Crippen LogP contribution in [0.5, 0.6) is 5.75 Å². The molecule has 1 N–H and O–H groups in total. The fourth-order valence-electron chi connectivity index (χ4n) is 2.09. The van der Waals surface area contributed by atoms with Crippen LogP contribution in [0.4, 0.5) is 10.1 Å². The van der Waals surface area contributed by atoms with Gasteiger partial charge >= 0.3 is 5.69 Å². The molecule has 0 unspecified atom stereocenters. The highest BCUT2D eigenvalue weighted by atomic mass is 19.1. The van der Waals surface area contributed by atoms with Crippen LogP contribution < -0.4 is 10.1 Å². The summed E-state index contributed by atoms with van der Waals surface area (Å²) in [5.74, 6) is -0.510. The van der Waals surface area contributed by atoms with Crippen LogP contribution in [0.25, 0.3) is 0 Å². The van der Waals surface area contributed by atoms with Crippen molar-refractivity contribution in [3.8, 4) is 5.75 Å². The van der Waals surface area contributed by atoms with E-state index in [1.54, 1.807) is 0 Å². The molecule has 0 amide bonds. The lowest BCUT2D eigenvalue weighted by Gasteiger charge is -2.35. The number of ether oxygens (including phenoxy) is 1.